The molecule has 1 heterocycles. The third-order valence-corrected chi connectivity index (χ3v) is 2.97. The summed E-state index contributed by atoms with van der Waals surface area (Å²) in [7, 11) is 0. The molecule has 3 heteroatoms. The molecule has 0 aliphatic carbocycles. The van der Waals surface area contributed by atoms with Gasteiger partial charge in [0.2, 0.25) is 0 Å². The Morgan fingerprint density at radius 2 is 2.38 bits per heavy atom. The van der Waals surface area contributed by atoms with E-state index in [9.17, 15) is 4.79 Å². The molecule has 0 fully saturated rings. The molecule has 1 aliphatic rings. The lowest BCUT2D eigenvalue weighted by atomic mass is 10.1. The van der Waals surface area contributed by atoms with Gasteiger partial charge in [0.25, 0.3) is 0 Å². The molecular weight excluding hydrogens is 184 g/mol. The molecule has 0 spiro atoms. The fourth-order valence-electron chi connectivity index (χ4n) is 1.26. The van der Waals surface area contributed by atoms with Crippen molar-refractivity contribution in [3.05, 3.63) is 23.8 Å². The molecule has 0 bridgehead atoms. The van der Waals surface area contributed by atoms with Crippen LogP contribution in [0.25, 0.3) is 0 Å². The first kappa shape index (κ1) is 8.63. The Hall–Kier alpha value is -0.960. The first-order chi connectivity index (χ1) is 6.27. The molecule has 0 radical (unpaired) electrons. The molecule has 0 unspecified atom stereocenters. The van der Waals surface area contributed by atoms with E-state index in [1.165, 1.54) is 0 Å². The smallest absolute Gasteiger partial charge is 0.159 e. The minimum Gasteiger partial charge on any atom is -0.492 e. The second-order valence-electron chi connectivity index (χ2n) is 2.91. The molecule has 0 amide bonds. The largest absolute Gasteiger partial charge is 0.492 e. The number of thioether (sulfide) groups is 1. The highest BCUT2D eigenvalue weighted by Crippen LogP contribution is 2.33. The van der Waals surface area contributed by atoms with Crippen LogP contribution in [-0.4, -0.2) is 18.1 Å². The first-order valence-electron chi connectivity index (χ1n) is 4.18. The molecule has 13 heavy (non-hydrogen) atoms. The Morgan fingerprint density at radius 3 is 3.15 bits per heavy atom. The minimum absolute atomic E-state index is 0.0852. The van der Waals surface area contributed by atoms with E-state index in [0.717, 1.165) is 28.6 Å². The molecule has 1 aliphatic heterocycles. The summed E-state index contributed by atoms with van der Waals surface area (Å²) < 4.78 is 5.44. The highest BCUT2D eigenvalue weighted by Gasteiger charge is 2.12. The van der Waals surface area contributed by atoms with Crippen LogP contribution in [0.15, 0.2) is 23.1 Å². The molecule has 1 aromatic rings. The zero-order chi connectivity index (χ0) is 9.26. The lowest BCUT2D eigenvalue weighted by molar-refractivity contribution is 0.101. The van der Waals surface area contributed by atoms with Crippen molar-refractivity contribution in [2.45, 2.75) is 11.8 Å². The number of ether oxygens (including phenoxy) is 1. The highest BCUT2D eigenvalue weighted by atomic mass is 32.2. The van der Waals surface area contributed by atoms with E-state index in [-0.39, 0.29) is 5.78 Å². The minimum atomic E-state index is 0.0852. The first-order valence-corrected chi connectivity index (χ1v) is 5.16. The van der Waals surface area contributed by atoms with Crippen LogP contribution < -0.4 is 4.74 Å². The van der Waals surface area contributed by atoms with Crippen LogP contribution in [0.2, 0.25) is 0 Å². The van der Waals surface area contributed by atoms with E-state index in [2.05, 4.69) is 0 Å². The van der Waals surface area contributed by atoms with Crippen molar-refractivity contribution < 1.29 is 9.53 Å². The number of rotatable bonds is 1. The van der Waals surface area contributed by atoms with Gasteiger partial charge in [0.15, 0.2) is 5.78 Å². The second kappa shape index (κ2) is 3.42. The Bertz CT molecular complexity index is 347. The van der Waals surface area contributed by atoms with Gasteiger partial charge >= 0.3 is 0 Å². The predicted molar refractivity (Wildman–Crippen MR) is 52.7 cm³/mol. The van der Waals surface area contributed by atoms with Crippen molar-refractivity contribution in [2.24, 2.45) is 0 Å². The van der Waals surface area contributed by atoms with Gasteiger partial charge in [-0.1, -0.05) is 6.07 Å². The Kier molecular flexibility index (Phi) is 2.27. The summed E-state index contributed by atoms with van der Waals surface area (Å²) in [5.74, 6) is 1.93. The molecule has 0 aromatic heterocycles. The van der Waals surface area contributed by atoms with E-state index in [1.807, 2.05) is 18.2 Å². The Balaban J connectivity index is 2.40. The topological polar surface area (TPSA) is 26.3 Å². The second-order valence-corrected chi connectivity index (χ2v) is 4.05. The zero-order valence-corrected chi connectivity index (χ0v) is 8.19. The highest BCUT2D eigenvalue weighted by molar-refractivity contribution is 7.99. The third-order valence-electron chi connectivity index (χ3n) is 1.95. The molecule has 0 N–H and O–H groups in total. The van der Waals surface area contributed by atoms with Gasteiger partial charge in [0.05, 0.1) is 6.61 Å². The van der Waals surface area contributed by atoms with Crippen molar-refractivity contribution in [3.63, 3.8) is 0 Å². The summed E-state index contributed by atoms with van der Waals surface area (Å²) in [4.78, 5) is 12.2. The summed E-state index contributed by atoms with van der Waals surface area (Å²) in [5, 5.41) is 0. The number of benzene rings is 1. The third kappa shape index (κ3) is 1.70. The molecule has 1 aromatic carbocycles. The molecule has 0 saturated carbocycles. The monoisotopic (exact) mass is 194 g/mol. The van der Waals surface area contributed by atoms with Crippen molar-refractivity contribution in [2.75, 3.05) is 12.4 Å². The number of ketones is 1. The summed E-state index contributed by atoms with van der Waals surface area (Å²) in [6.45, 7) is 2.30. The van der Waals surface area contributed by atoms with Crippen LogP contribution in [0.4, 0.5) is 0 Å². The van der Waals surface area contributed by atoms with E-state index in [4.69, 9.17) is 4.74 Å². The number of hydrogen-bond donors (Lipinski definition) is 0. The number of fused-ring (bicyclic) bond motifs is 1. The number of carbonyl (C=O) groups is 1. The van der Waals surface area contributed by atoms with Gasteiger partial charge < -0.3 is 4.74 Å². The van der Waals surface area contributed by atoms with Crippen LogP contribution >= 0.6 is 11.8 Å². The molecule has 2 rings (SSSR count). The average Bonchev–Trinajstić information content (AvgIpc) is 2.17. The van der Waals surface area contributed by atoms with E-state index in [0.29, 0.717) is 0 Å². The van der Waals surface area contributed by atoms with Crippen LogP contribution in [0, 0.1) is 0 Å². The predicted octanol–water partition coefficient (Wildman–Crippen LogP) is 2.37. The van der Waals surface area contributed by atoms with Gasteiger partial charge in [-0.25, -0.2) is 0 Å². The summed E-state index contributed by atoms with van der Waals surface area (Å²) in [5.41, 5.74) is 0.723. The van der Waals surface area contributed by atoms with Crippen LogP contribution in [0.1, 0.15) is 17.3 Å². The number of carbonyl (C=O) groups excluding carboxylic acids is 1. The SMILES string of the molecule is CC(=O)c1ccc2c(c1)OCCS2. The molecule has 0 saturated heterocycles. The van der Waals surface area contributed by atoms with Gasteiger partial charge in [-0.2, -0.15) is 0 Å². The maximum Gasteiger partial charge on any atom is 0.159 e. The quantitative estimate of drug-likeness (QED) is 0.642. The van der Waals surface area contributed by atoms with Gasteiger partial charge in [-0.05, 0) is 19.1 Å². The van der Waals surface area contributed by atoms with Gasteiger partial charge in [0, 0.05) is 16.2 Å². The standard InChI is InChI=1S/C10H10O2S/c1-7(11)8-2-3-10-9(6-8)12-4-5-13-10/h2-3,6H,4-5H2,1H3. The summed E-state index contributed by atoms with van der Waals surface area (Å²) >= 11 is 1.77. The molecular formula is C10H10O2S. The van der Waals surface area contributed by atoms with Crippen LogP contribution in [0.3, 0.4) is 0 Å². The van der Waals surface area contributed by atoms with Crippen molar-refractivity contribution >= 4 is 17.5 Å². The molecule has 68 valence electrons. The van der Waals surface area contributed by atoms with E-state index in [1.54, 1.807) is 18.7 Å². The van der Waals surface area contributed by atoms with Gasteiger partial charge in [0.1, 0.15) is 5.75 Å². The summed E-state index contributed by atoms with van der Waals surface area (Å²) in [6, 6.07) is 5.63. The fourth-order valence-corrected chi connectivity index (χ4v) is 2.07. The van der Waals surface area contributed by atoms with Crippen molar-refractivity contribution in [1.29, 1.82) is 0 Å². The van der Waals surface area contributed by atoms with E-state index < -0.39 is 0 Å². The summed E-state index contributed by atoms with van der Waals surface area (Å²) in [6.07, 6.45) is 0. The normalized spacial score (nSPS) is 14.5. The fraction of sp³-hybridized carbons (Fsp3) is 0.300. The zero-order valence-electron chi connectivity index (χ0n) is 7.37. The maximum absolute atomic E-state index is 11.1. The molecule has 2 nitrogen and oxygen atoms in total. The molecule has 0 atom stereocenters. The van der Waals surface area contributed by atoms with Crippen LogP contribution in [-0.2, 0) is 0 Å². The number of hydrogen-bond acceptors (Lipinski definition) is 3. The van der Waals surface area contributed by atoms with Crippen LogP contribution in [0.5, 0.6) is 5.75 Å². The average molecular weight is 194 g/mol. The Morgan fingerprint density at radius 1 is 1.54 bits per heavy atom. The lowest BCUT2D eigenvalue weighted by Gasteiger charge is -2.16. The van der Waals surface area contributed by atoms with Gasteiger partial charge in [-0.15, -0.1) is 11.8 Å². The maximum atomic E-state index is 11.1. The lowest BCUT2D eigenvalue weighted by Crippen LogP contribution is -2.07. The number of Topliss-reactive ketones (excluding diaryl/α,β-unsaturated/α-hetero) is 1. The van der Waals surface area contributed by atoms with E-state index >= 15 is 0 Å². The van der Waals surface area contributed by atoms with Crippen molar-refractivity contribution in [3.8, 4) is 5.75 Å². The Labute approximate surface area is 81.3 Å². The van der Waals surface area contributed by atoms with Crippen molar-refractivity contribution in [1.82, 2.24) is 0 Å². The van der Waals surface area contributed by atoms with Gasteiger partial charge in [-0.3, -0.25) is 4.79 Å².